The molecule has 1 saturated heterocycles. The van der Waals surface area contributed by atoms with Crippen LogP contribution in [0.1, 0.15) is 24.0 Å². The highest BCUT2D eigenvalue weighted by Gasteiger charge is 2.33. The Bertz CT molecular complexity index is 1180. The summed E-state index contributed by atoms with van der Waals surface area (Å²) in [5.41, 5.74) is 3.17. The van der Waals surface area contributed by atoms with Crippen molar-refractivity contribution in [1.82, 2.24) is 14.2 Å². The third-order valence-electron chi connectivity index (χ3n) is 5.80. The fourth-order valence-corrected chi connectivity index (χ4v) is 5.66. The highest BCUT2D eigenvalue weighted by atomic mass is 32.2. The molecule has 1 aromatic heterocycles. The van der Waals surface area contributed by atoms with E-state index in [9.17, 15) is 13.2 Å². The number of hydrogen-bond donors (Lipinski definition) is 1. The summed E-state index contributed by atoms with van der Waals surface area (Å²) in [5.74, 6) is -0.422. The Balaban J connectivity index is 1.46. The molecule has 0 aliphatic carbocycles. The molecule has 1 N–H and O–H groups in total. The van der Waals surface area contributed by atoms with Gasteiger partial charge in [-0.25, -0.2) is 8.42 Å². The van der Waals surface area contributed by atoms with E-state index < -0.39 is 10.0 Å². The average molecular weight is 426 g/mol. The first-order valence-corrected chi connectivity index (χ1v) is 11.7. The molecule has 0 bridgehead atoms. The first-order chi connectivity index (χ1) is 14.3. The Labute approximate surface area is 177 Å². The van der Waals surface area contributed by atoms with E-state index in [0.717, 1.165) is 22.0 Å². The second kappa shape index (κ2) is 8.24. The molecule has 1 aliphatic rings. The number of rotatable bonds is 5. The minimum absolute atomic E-state index is 0.0880. The summed E-state index contributed by atoms with van der Waals surface area (Å²) in [5, 5.41) is 3.86. The highest BCUT2D eigenvalue weighted by Crippen LogP contribution is 2.26. The van der Waals surface area contributed by atoms with E-state index in [0.29, 0.717) is 25.9 Å². The van der Waals surface area contributed by atoms with Crippen molar-refractivity contribution in [3.05, 3.63) is 65.9 Å². The van der Waals surface area contributed by atoms with Gasteiger partial charge in [-0.2, -0.15) is 4.31 Å². The Hall–Kier alpha value is -2.64. The van der Waals surface area contributed by atoms with Gasteiger partial charge in [0.15, 0.2) is 0 Å². The normalized spacial score (nSPS) is 17.9. The number of piperidine rings is 1. The van der Waals surface area contributed by atoms with E-state index in [1.165, 1.54) is 4.31 Å². The van der Waals surface area contributed by atoms with Crippen LogP contribution in [0.15, 0.2) is 59.6 Å². The van der Waals surface area contributed by atoms with E-state index in [-0.39, 0.29) is 23.3 Å². The van der Waals surface area contributed by atoms with Crippen molar-refractivity contribution in [2.75, 3.05) is 13.1 Å². The standard InChI is InChI=1S/C23H27N3O3S/c1-17-5-3-6-18(13-17)15-24-23(27)20-7-4-11-26(16-20)30(28,29)21-8-9-22-19(14-21)10-12-25(22)2/h3,5-6,8-10,12-14,20H,4,7,11,15-16H2,1-2H3,(H,24,27)/t20-/m1/s1. The Morgan fingerprint density at radius 1 is 1.17 bits per heavy atom. The van der Waals surface area contributed by atoms with Gasteiger partial charge in [-0.15, -0.1) is 0 Å². The lowest BCUT2D eigenvalue weighted by Gasteiger charge is -2.31. The first kappa shape index (κ1) is 20.6. The van der Waals surface area contributed by atoms with Crippen LogP contribution in [0.2, 0.25) is 0 Å². The van der Waals surface area contributed by atoms with Gasteiger partial charge < -0.3 is 9.88 Å². The summed E-state index contributed by atoms with van der Waals surface area (Å²) >= 11 is 0. The largest absolute Gasteiger partial charge is 0.352 e. The van der Waals surface area contributed by atoms with Gasteiger partial charge >= 0.3 is 0 Å². The summed E-state index contributed by atoms with van der Waals surface area (Å²) in [7, 11) is -1.71. The van der Waals surface area contributed by atoms with Crippen molar-refractivity contribution in [2.24, 2.45) is 13.0 Å². The van der Waals surface area contributed by atoms with Crippen LogP contribution in [-0.2, 0) is 28.4 Å². The molecule has 2 aromatic carbocycles. The lowest BCUT2D eigenvalue weighted by atomic mass is 9.98. The predicted octanol–water partition coefficient (Wildman–Crippen LogP) is 3.20. The molecular weight excluding hydrogens is 398 g/mol. The fraction of sp³-hybridized carbons (Fsp3) is 0.348. The van der Waals surface area contributed by atoms with E-state index in [2.05, 4.69) is 5.32 Å². The zero-order valence-corrected chi connectivity index (χ0v) is 18.2. The van der Waals surface area contributed by atoms with Gasteiger partial charge in [0.25, 0.3) is 0 Å². The third kappa shape index (κ3) is 4.13. The van der Waals surface area contributed by atoms with Crippen LogP contribution in [0.4, 0.5) is 0 Å². The second-order valence-electron chi connectivity index (χ2n) is 8.06. The molecule has 0 radical (unpaired) electrons. The molecule has 30 heavy (non-hydrogen) atoms. The molecule has 0 saturated carbocycles. The van der Waals surface area contributed by atoms with Crippen LogP contribution < -0.4 is 5.32 Å². The molecule has 0 unspecified atom stereocenters. The van der Waals surface area contributed by atoms with Crippen LogP contribution in [0.3, 0.4) is 0 Å². The molecule has 7 heteroatoms. The van der Waals surface area contributed by atoms with Gasteiger partial charge in [-0.1, -0.05) is 29.8 Å². The molecule has 6 nitrogen and oxygen atoms in total. The first-order valence-electron chi connectivity index (χ1n) is 10.2. The van der Waals surface area contributed by atoms with Crippen molar-refractivity contribution in [3.8, 4) is 0 Å². The number of aromatic nitrogens is 1. The smallest absolute Gasteiger partial charge is 0.243 e. The van der Waals surface area contributed by atoms with Crippen molar-refractivity contribution in [3.63, 3.8) is 0 Å². The van der Waals surface area contributed by atoms with E-state index >= 15 is 0 Å². The maximum Gasteiger partial charge on any atom is 0.243 e. The summed E-state index contributed by atoms with van der Waals surface area (Å²) in [6, 6.07) is 15.1. The van der Waals surface area contributed by atoms with Gasteiger partial charge in [-0.05, 0) is 49.6 Å². The van der Waals surface area contributed by atoms with Crippen molar-refractivity contribution in [1.29, 1.82) is 0 Å². The summed E-state index contributed by atoms with van der Waals surface area (Å²) < 4.78 is 29.8. The average Bonchev–Trinajstić information content (AvgIpc) is 3.12. The third-order valence-corrected chi connectivity index (χ3v) is 7.66. The maximum atomic E-state index is 13.2. The minimum Gasteiger partial charge on any atom is -0.352 e. The lowest BCUT2D eigenvalue weighted by molar-refractivity contribution is -0.126. The zero-order valence-electron chi connectivity index (χ0n) is 17.3. The molecule has 0 spiro atoms. The molecule has 158 valence electrons. The molecule has 1 atom stereocenters. The topological polar surface area (TPSA) is 71.4 Å². The van der Waals surface area contributed by atoms with E-state index in [1.54, 1.807) is 12.1 Å². The fourth-order valence-electron chi connectivity index (χ4n) is 4.10. The van der Waals surface area contributed by atoms with Crippen LogP contribution in [0, 0.1) is 12.8 Å². The van der Waals surface area contributed by atoms with Gasteiger partial charge in [-0.3, -0.25) is 4.79 Å². The molecular formula is C23H27N3O3S. The molecule has 2 heterocycles. The number of carbonyl (C=O) groups excluding carboxylic acids is 1. The Morgan fingerprint density at radius 3 is 2.80 bits per heavy atom. The van der Waals surface area contributed by atoms with Gasteiger partial charge in [0.2, 0.25) is 15.9 Å². The number of fused-ring (bicyclic) bond motifs is 1. The van der Waals surface area contributed by atoms with Gasteiger partial charge in [0, 0.05) is 43.8 Å². The number of nitrogens with one attached hydrogen (secondary N) is 1. The quantitative estimate of drug-likeness (QED) is 0.682. The van der Waals surface area contributed by atoms with E-state index in [1.807, 2.05) is 61.1 Å². The van der Waals surface area contributed by atoms with Crippen LogP contribution in [0.25, 0.3) is 10.9 Å². The van der Waals surface area contributed by atoms with Gasteiger partial charge in [0.05, 0.1) is 10.8 Å². The minimum atomic E-state index is -3.64. The number of amides is 1. The van der Waals surface area contributed by atoms with Crippen molar-refractivity contribution < 1.29 is 13.2 Å². The van der Waals surface area contributed by atoms with Gasteiger partial charge in [0.1, 0.15) is 0 Å². The van der Waals surface area contributed by atoms with E-state index in [4.69, 9.17) is 0 Å². The Kier molecular flexibility index (Phi) is 5.66. The molecule has 4 rings (SSSR count). The lowest BCUT2D eigenvalue weighted by Crippen LogP contribution is -2.45. The van der Waals surface area contributed by atoms with Crippen LogP contribution in [0.5, 0.6) is 0 Å². The van der Waals surface area contributed by atoms with Crippen molar-refractivity contribution in [2.45, 2.75) is 31.2 Å². The maximum absolute atomic E-state index is 13.2. The highest BCUT2D eigenvalue weighted by molar-refractivity contribution is 7.89. The molecule has 1 aliphatic heterocycles. The summed E-state index contributed by atoms with van der Waals surface area (Å²) in [6.07, 6.45) is 3.29. The molecule has 1 fully saturated rings. The summed E-state index contributed by atoms with van der Waals surface area (Å²) in [6.45, 7) is 3.13. The summed E-state index contributed by atoms with van der Waals surface area (Å²) in [4.78, 5) is 13.0. The number of aryl methyl sites for hydroxylation is 2. The van der Waals surface area contributed by atoms with Crippen LogP contribution >= 0.6 is 0 Å². The number of carbonyl (C=O) groups is 1. The zero-order chi connectivity index (χ0) is 21.3. The second-order valence-corrected chi connectivity index (χ2v) is 9.99. The SMILES string of the molecule is Cc1cccc(CNC(=O)[C@@H]2CCCN(S(=O)(=O)c3ccc4c(ccn4C)c3)C2)c1. The number of hydrogen-bond acceptors (Lipinski definition) is 3. The number of nitrogens with zero attached hydrogens (tertiary/aromatic N) is 2. The number of benzene rings is 2. The monoisotopic (exact) mass is 425 g/mol. The van der Waals surface area contributed by atoms with Crippen molar-refractivity contribution >= 4 is 26.8 Å². The molecule has 3 aromatic rings. The molecule has 1 amide bonds. The van der Waals surface area contributed by atoms with Crippen LogP contribution in [-0.4, -0.2) is 36.3 Å². The number of sulfonamides is 1. The predicted molar refractivity (Wildman–Crippen MR) is 117 cm³/mol. The Morgan fingerprint density at radius 2 is 2.00 bits per heavy atom.